The van der Waals surface area contributed by atoms with Crippen molar-refractivity contribution in [2.45, 2.75) is 26.5 Å². The van der Waals surface area contributed by atoms with E-state index in [4.69, 9.17) is 10.5 Å². The number of ether oxygens (including phenoxy) is 1. The molecule has 2 rings (SSSR count). The second-order valence-electron chi connectivity index (χ2n) is 4.14. The molecule has 0 spiro atoms. The Labute approximate surface area is 106 Å². The van der Waals surface area contributed by atoms with Gasteiger partial charge in [-0.3, -0.25) is 0 Å². The minimum Gasteiger partial charge on any atom is -0.399 e. The van der Waals surface area contributed by atoms with Crippen LogP contribution in [0.2, 0.25) is 0 Å². The number of nitrogens with zero attached hydrogens (tertiary/aromatic N) is 2. The van der Waals surface area contributed by atoms with Crippen LogP contribution in [-0.2, 0) is 17.9 Å². The van der Waals surface area contributed by atoms with Crippen molar-refractivity contribution in [3.63, 3.8) is 0 Å². The van der Waals surface area contributed by atoms with Gasteiger partial charge in [0.15, 0.2) is 0 Å². The number of aromatic nitrogens is 2. The molecule has 0 radical (unpaired) electrons. The van der Waals surface area contributed by atoms with Gasteiger partial charge in [0.25, 0.3) is 0 Å². The second kappa shape index (κ2) is 5.84. The molecule has 0 bridgehead atoms. The van der Waals surface area contributed by atoms with Crippen molar-refractivity contribution in [2.24, 2.45) is 0 Å². The summed E-state index contributed by atoms with van der Waals surface area (Å²) in [6, 6.07) is 5.62. The molecule has 0 atom stereocenters. The van der Waals surface area contributed by atoms with Crippen LogP contribution >= 0.6 is 0 Å². The number of hydrogen-bond donors (Lipinski definition) is 2. The van der Waals surface area contributed by atoms with E-state index >= 15 is 0 Å². The van der Waals surface area contributed by atoms with Crippen molar-refractivity contribution in [1.29, 1.82) is 0 Å². The number of nitrogens with two attached hydrogens (primary N) is 1. The first kappa shape index (κ1) is 12.9. The van der Waals surface area contributed by atoms with Gasteiger partial charge in [0, 0.05) is 25.4 Å². The highest BCUT2D eigenvalue weighted by Crippen LogP contribution is 2.19. The third-order valence-electron chi connectivity index (χ3n) is 2.87. The van der Waals surface area contributed by atoms with Crippen LogP contribution in [0.15, 0.2) is 18.2 Å². The van der Waals surface area contributed by atoms with Gasteiger partial charge in [-0.05, 0) is 31.5 Å². The molecule has 0 unspecified atom stereocenters. The Hall–Kier alpha value is -1.59. The number of fused-ring (bicyclic) bond motifs is 1. The summed E-state index contributed by atoms with van der Waals surface area (Å²) < 4.78 is 7.34. The molecule has 0 aliphatic rings. The number of anilines is 1. The number of rotatable bonds is 6. The molecule has 0 fully saturated rings. The van der Waals surface area contributed by atoms with Crippen LogP contribution in [0.5, 0.6) is 0 Å². The molecule has 1 heterocycles. The van der Waals surface area contributed by atoms with Crippen molar-refractivity contribution in [3.05, 3.63) is 24.0 Å². The van der Waals surface area contributed by atoms with Crippen molar-refractivity contribution < 1.29 is 9.84 Å². The average molecular weight is 249 g/mol. The highest BCUT2D eigenvalue weighted by Gasteiger charge is 2.09. The molecule has 2 aromatic rings. The van der Waals surface area contributed by atoms with Gasteiger partial charge >= 0.3 is 0 Å². The minimum absolute atomic E-state index is 0.0663. The maximum atomic E-state index is 9.35. The normalized spacial score (nSPS) is 11.2. The van der Waals surface area contributed by atoms with E-state index < -0.39 is 0 Å². The molecule has 5 nitrogen and oxygen atoms in total. The van der Waals surface area contributed by atoms with Crippen molar-refractivity contribution in [3.8, 4) is 0 Å². The molecular formula is C13H19N3O2. The van der Waals surface area contributed by atoms with Crippen LogP contribution in [0.1, 0.15) is 19.2 Å². The predicted octanol–water partition coefficient (Wildman–Crippen LogP) is 1.54. The van der Waals surface area contributed by atoms with Gasteiger partial charge in [-0.1, -0.05) is 0 Å². The van der Waals surface area contributed by atoms with E-state index in [1.54, 1.807) is 0 Å². The predicted molar refractivity (Wildman–Crippen MR) is 71.2 cm³/mol. The van der Waals surface area contributed by atoms with E-state index in [1.807, 2.05) is 29.7 Å². The third kappa shape index (κ3) is 2.63. The van der Waals surface area contributed by atoms with Gasteiger partial charge in [0.05, 0.1) is 11.0 Å². The number of imidazole rings is 1. The Kier molecular flexibility index (Phi) is 4.17. The van der Waals surface area contributed by atoms with Crippen LogP contribution in [0.4, 0.5) is 5.69 Å². The Balaban J connectivity index is 2.23. The Bertz CT molecular complexity index is 522. The van der Waals surface area contributed by atoms with Gasteiger partial charge in [-0.2, -0.15) is 0 Å². The van der Waals surface area contributed by atoms with Crippen LogP contribution in [0.3, 0.4) is 0 Å². The second-order valence-corrected chi connectivity index (χ2v) is 4.14. The number of aryl methyl sites for hydroxylation is 1. The molecule has 3 N–H and O–H groups in total. The van der Waals surface area contributed by atoms with E-state index in [-0.39, 0.29) is 6.61 Å². The van der Waals surface area contributed by atoms with E-state index in [9.17, 15) is 5.11 Å². The smallest absolute Gasteiger partial charge is 0.135 e. The van der Waals surface area contributed by atoms with Gasteiger partial charge < -0.3 is 20.1 Å². The van der Waals surface area contributed by atoms with Crippen molar-refractivity contribution in [2.75, 3.05) is 18.9 Å². The van der Waals surface area contributed by atoms with Crippen LogP contribution in [0, 0.1) is 0 Å². The quantitative estimate of drug-likeness (QED) is 0.601. The van der Waals surface area contributed by atoms with E-state index in [0.717, 1.165) is 37.2 Å². The van der Waals surface area contributed by atoms with Gasteiger partial charge in [0.2, 0.25) is 0 Å². The standard InChI is InChI=1S/C13H19N3O2/c1-2-18-7-3-6-16-12-5-4-10(14)8-11(12)15-13(16)9-17/h4-5,8,17H,2-3,6-7,9,14H2,1H3. The van der Waals surface area contributed by atoms with Crippen LogP contribution < -0.4 is 5.73 Å². The summed E-state index contributed by atoms with van der Waals surface area (Å²) in [5.74, 6) is 0.673. The summed E-state index contributed by atoms with van der Waals surface area (Å²) >= 11 is 0. The Morgan fingerprint density at radius 1 is 1.44 bits per heavy atom. The Morgan fingerprint density at radius 2 is 2.28 bits per heavy atom. The minimum atomic E-state index is -0.0663. The largest absolute Gasteiger partial charge is 0.399 e. The summed E-state index contributed by atoms with van der Waals surface area (Å²) in [4.78, 5) is 4.38. The lowest BCUT2D eigenvalue weighted by atomic mass is 10.3. The zero-order valence-electron chi connectivity index (χ0n) is 10.6. The maximum Gasteiger partial charge on any atom is 0.135 e. The fraction of sp³-hybridized carbons (Fsp3) is 0.462. The number of aliphatic hydroxyl groups excluding tert-OH is 1. The number of aliphatic hydroxyl groups is 1. The fourth-order valence-electron chi connectivity index (χ4n) is 2.04. The molecule has 0 aliphatic carbocycles. The van der Waals surface area contributed by atoms with Gasteiger partial charge in [0.1, 0.15) is 12.4 Å². The van der Waals surface area contributed by atoms with Gasteiger partial charge in [-0.25, -0.2) is 4.98 Å². The molecular weight excluding hydrogens is 230 g/mol. The zero-order chi connectivity index (χ0) is 13.0. The van der Waals surface area contributed by atoms with Crippen LogP contribution in [-0.4, -0.2) is 27.9 Å². The zero-order valence-corrected chi connectivity index (χ0v) is 10.6. The summed E-state index contributed by atoms with van der Waals surface area (Å²) in [5, 5.41) is 9.35. The van der Waals surface area contributed by atoms with Crippen LogP contribution in [0.25, 0.3) is 11.0 Å². The average Bonchev–Trinajstić information content (AvgIpc) is 2.71. The number of nitrogen functional groups attached to an aromatic ring is 1. The monoisotopic (exact) mass is 249 g/mol. The Morgan fingerprint density at radius 3 is 3.00 bits per heavy atom. The molecule has 0 saturated heterocycles. The topological polar surface area (TPSA) is 73.3 Å². The fourth-order valence-corrected chi connectivity index (χ4v) is 2.04. The van der Waals surface area contributed by atoms with E-state index in [0.29, 0.717) is 11.5 Å². The molecule has 1 aromatic carbocycles. The first-order valence-corrected chi connectivity index (χ1v) is 6.19. The molecule has 1 aromatic heterocycles. The first-order chi connectivity index (χ1) is 8.76. The molecule has 5 heteroatoms. The molecule has 0 saturated carbocycles. The third-order valence-corrected chi connectivity index (χ3v) is 2.87. The summed E-state index contributed by atoms with van der Waals surface area (Å²) in [7, 11) is 0. The molecule has 0 aliphatic heterocycles. The lowest BCUT2D eigenvalue weighted by Gasteiger charge is -2.07. The van der Waals surface area contributed by atoms with Crippen molar-refractivity contribution >= 4 is 16.7 Å². The molecule has 0 amide bonds. The lowest BCUT2D eigenvalue weighted by Crippen LogP contribution is -2.06. The number of benzene rings is 1. The molecule has 98 valence electrons. The van der Waals surface area contributed by atoms with E-state index in [1.165, 1.54) is 0 Å². The van der Waals surface area contributed by atoms with Crippen molar-refractivity contribution in [1.82, 2.24) is 9.55 Å². The summed E-state index contributed by atoms with van der Waals surface area (Å²) in [6.45, 7) is 4.15. The van der Waals surface area contributed by atoms with Gasteiger partial charge in [-0.15, -0.1) is 0 Å². The summed E-state index contributed by atoms with van der Waals surface area (Å²) in [5.41, 5.74) is 8.25. The lowest BCUT2D eigenvalue weighted by molar-refractivity contribution is 0.141. The van der Waals surface area contributed by atoms with E-state index in [2.05, 4.69) is 4.98 Å². The first-order valence-electron chi connectivity index (χ1n) is 6.19. The summed E-state index contributed by atoms with van der Waals surface area (Å²) in [6.07, 6.45) is 0.899. The molecule has 18 heavy (non-hydrogen) atoms. The SMILES string of the molecule is CCOCCCn1c(CO)nc2cc(N)ccc21. The number of hydrogen-bond acceptors (Lipinski definition) is 4. The maximum absolute atomic E-state index is 9.35. The highest BCUT2D eigenvalue weighted by atomic mass is 16.5. The highest BCUT2D eigenvalue weighted by molar-refractivity contribution is 5.79.